The van der Waals surface area contributed by atoms with Gasteiger partial charge in [0.1, 0.15) is 0 Å². The number of benzene rings is 1. The number of hydrogen-bond donors (Lipinski definition) is 1. The molecule has 0 heterocycles. The van der Waals surface area contributed by atoms with Crippen molar-refractivity contribution in [3.63, 3.8) is 0 Å². The molecule has 21 heavy (non-hydrogen) atoms. The molecule has 0 amide bonds. The summed E-state index contributed by atoms with van der Waals surface area (Å²) in [6.45, 7) is 11.3. The third kappa shape index (κ3) is 7.07. The lowest BCUT2D eigenvalue weighted by atomic mass is 9.98. The van der Waals surface area contributed by atoms with Crippen molar-refractivity contribution in [3.8, 4) is 0 Å². The van der Waals surface area contributed by atoms with Crippen LogP contribution in [0.1, 0.15) is 43.9 Å². The van der Waals surface area contributed by atoms with Crippen LogP contribution in [-0.4, -0.2) is 44.8 Å². The van der Waals surface area contributed by atoms with Crippen LogP contribution in [0.15, 0.2) is 24.3 Å². The summed E-state index contributed by atoms with van der Waals surface area (Å²) in [5.41, 5.74) is 2.81. The van der Waals surface area contributed by atoms with Gasteiger partial charge in [-0.25, -0.2) is 0 Å². The Morgan fingerprint density at radius 3 is 2.62 bits per heavy atom. The second-order valence-corrected chi connectivity index (χ2v) is 5.65. The normalized spacial score (nSPS) is 12.8. The van der Waals surface area contributed by atoms with E-state index in [0.29, 0.717) is 6.04 Å². The van der Waals surface area contributed by atoms with Crippen molar-refractivity contribution in [2.45, 2.75) is 39.7 Å². The van der Waals surface area contributed by atoms with Crippen molar-refractivity contribution < 1.29 is 4.74 Å². The molecule has 0 fully saturated rings. The van der Waals surface area contributed by atoms with Crippen LogP contribution < -0.4 is 5.32 Å². The van der Waals surface area contributed by atoms with Crippen LogP contribution in [0, 0.1) is 6.92 Å². The van der Waals surface area contributed by atoms with Crippen molar-refractivity contribution in [2.75, 3.05) is 39.9 Å². The predicted octanol–water partition coefficient (Wildman–Crippen LogP) is 3.39. The number of hydrogen-bond acceptors (Lipinski definition) is 3. The number of nitrogens with one attached hydrogen (secondary N) is 1. The van der Waals surface area contributed by atoms with Gasteiger partial charge in [0.05, 0.1) is 6.61 Å². The van der Waals surface area contributed by atoms with Crippen LogP contribution in [-0.2, 0) is 4.74 Å². The van der Waals surface area contributed by atoms with Crippen LogP contribution >= 0.6 is 0 Å². The van der Waals surface area contributed by atoms with Gasteiger partial charge in [-0.15, -0.1) is 0 Å². The van der Waals surface area contributed by atoms with Crippen molar-refractivity contribution in [3.05, 3.63) is 35.4 Å². The Labute approximate surface area is 130 Å². The molecule has 0 spiro atoms. The molecular weight excluding hydrogens is 260 g/mol. The SMILES string of the molecule is CCCNC(CCN(C)CCOCC)c1ccccc1C. The van der Waals surface area contributed by atoms with Gasteiger partial charge in [0.25, 0.3) is 0 Å². The third-order valence-corrected chi connectivity index (χ3v) is 3.83. The van der Waals surface area contributed by atoms with Crippen molar-refractivity contribution in [1.82, 2.24) is 10.2 Å². The largest absolute Gasteiger partial charge is 0.380 e. The van der Waals surface area contributed by atoms with Gasteiger partial charge in [-0.2, -0.15) is 0 Å². The van der Waals surface area contributed by atoms with E-state index in [1.54, 1.807) is 0 Å². The van der Waals surface area contributed by atoms with Crippen LogP contribution in [0.4, 0.5) is 0 Å². The molecular formula is C18H32N2O. The maximum atomic E-state index is 5.42. The third-order valence-electron chi connectivity index (χ3n) is 3.83. The summed E-state index contributed by atoms with van der Waals surface area (Å²) in [5.74, 6) is 0. The number of nitrogens with zero attached hydrogens (tertiary/aromatic N) is 1. The van der Waals surface area contributed by atoms with E-state index in [1.165, 1.54) is 17.5 Å². The zero-order valence-electron chi connectivity index (χ0n) is 14.2. The molecule has 0 bridgehead atoms. The molecule has 0 aromatic heterocycles. The van der Waals surface area contributed by atoms with Gasteiger partial charge in [-0.3, -0.25) is 0 Å². The lowest BCUT2D eigenvalue weighted by Crippen LogP contribution is -2.30. The van der Waals surface area contributed by atoms with Gasteiger partial charge in [-0.1, -0.05) is 31.2 Å². The number of likely N-dealkylation sites (N-methyl/N-ethyl adjacent to an activating group) is 1. The molecule has 0 saturated carbocycles. The minimum absolute atomic E-state index is 0.445. The summed E-state index contributed by atoms with van der Waals surface area (Å²) in [6.07, 6.45) is 2.30. The van der Waals surface area contributed by atoms with E-state index >= 15 is 0 Å². The van der Waals surface area contributed by atoms with Gasteiger partial charge < -0.3 is 15.0 Å². The highest BCUT2D eigenvalue weighted by Gasteiger charge is 2.13. The van der Waals surface area contributed by atoms with Crippen LogP contribution in [0.3, 0.4) is 0 Å². The molecule has 0 radical (unpaired) electrons. The summed E-state index contributed by atoms with van der Waals surface area (Å²) in [5, 5.41) is 3.69. The fraction of sp³-hybridized carbons (Fsp3) is 0.667. The van der Waals surface area contributed by atoms with Crippen molar-refractivity contribution in [2.24, 2.45) is 0 Å². The van der Waals surface area contributed by atoms with Gasteiger partial charge in [0, 0.05) is 19.2 Å². The summed E-state index contributed by atoms with van der Waals surface area (Å²) in [4.78, 5) is 2.36. The van der Waals surface area contributed by atoms with E-state index in [0.717, 1.165) is 39.3 Å². The van der Waals surface area contributed by atoms with Gasteiger partial charge in [0.15, 0.2) is 0 Å². The number of aryl methyl sites for hydroxylation is 1. The topological polar surface area (TPSA) is 24.5 Å². The summed E-state index contributed by atoms with van der Waals surface area (Å²) < 4.78 is 5.42. The standard InChI is InChI=1S/C18H32N2O/c1-5-12-19-18(17-10-8-7-9-16(17)3)11-13-20(4)14-15-21-6-2/h7-10,18-19H,5-6,11-15H2,1-4H3. The Morgan fingerprint density at radius 1 is 1.19 bits per heavy atom. The van der Waals surface area contributed by atoms with Crippen molar-refractivity contribution >= 4 is 0 Å². The van der Waals surface area contributed by atoms with Crippen LogP contribution in [0.5, 0.6) is 0 Å². The smallest absolute Gasteiger partial charge is 0.0593 e. The Bertz CT molecular complexity index is 381. The molecule has 1 N–H and O–H groups in total. The highest BCUT2D eigenvalue weighted by Crippen LogP contribution is 2.20. The molecule has 1 unspecified atom stereocenters. The lowest BCUT2D eigenvalue weighted by molar-refractivity contribution is 0.121. The molecule has 1 rings (SSSR count). The first kappa shape index (κ1) is 18.1. The monoisotopic (exact) mass is 292 g/mol. The van der Waals surface area contributed by atoms with E-state index in [1.807, 2.05) is 6.92 Å². The zero-order chi connectivity index (χ0) is 15.5. The van der Waals surface area contributed by atoms with Crippen LogP contribution in [0.25, 0.3) is 0 Å². The van der Waals surface area contributed by atoms with E-state index < -0.39 is 0 Å². The highest BCUT2D eigenvalue weighted by atomic mass is 16.5. The van der Waals surface area contributed by atoms with Crippen molar-refractivity contribution in [1.29, 1.82) is 0 Å². The zero-order valence-corrected chi connectivity index (χ0v) is 14.2. The lowest BCUT2D eigenvalue weighted by Gasteiger charge is -2.24. The minimum atomic E-state index is 0.445. The second-order valence-electron chi connectivity index (χ2n) is 5.65. The molecule has 0 aliphatic rings. The first-order valence-electron chi connectivity index (χ1n) is 8.24. The van der Waals surface area contributed by atoms with Gasteiger partial charge in [0.2, 0.25) is 0 Å². The molecule has 0 aliphatic carbocycles. The fourth-order valence-electron chi connectivity index (χ4n) is 2.49. The Morgan fingerprint density at radius 2 is 1.95 bits per heavy atom. The molecule has 3 nitrogen and oxygen atoms in total. The second kappa shape index (κ2) is 10.8. The first-order chi connectivity index (χ1) is 10.2. The molecule has 1 atom stereocenters. The van der Waals surface area contributed by atoms with E-state index in [2.05, 4.69) is 55.4 Å². The molecule has 0 aliphatic heterocycles. The molecule has 0 saturated heterocycles. The van der Waals surface area contributed by atoms with Gasteiger partial charge >= 0.3 is 0 Å². The maximum absolute atomic E-state index is 5.42. The Hall–Kier alpha value is -0.900. The minimum Gasteiger partial charge on any atom is -0.380 e. The average Bonchev–Trinajstić information content (AvgIpc) is 2.49. The average molecular weight is 292 g/mol. The molecule has 120 valence electrons. The van der Waals surface area contributed by atoms with E-state index in [9.17, 15) is 0 Å². The highest BCUT2D eigenvalue weighted by molar-refractivity contribution is 5.28. The summed E-state index contributed by atoms with van der Waals surface area (Å²) in [6, 6.07) is 9.16. The molecule has 1 aromatic carbocycles. The Kier molecular flexibility index (Phi) is 9.31. The van der Waals surface area contributed by atoms with E-state index in [4.69, 9.17) is 4.74 Å². The van der Waals surface area contributed by atoms with Gasteiger partial charge in [-0.05, 0) is 58.0 Å². The maximum Gasteiger partial charge on any atom is 0.0593 e. The molecule has 3 heteroatoms. The first-order valence-corrected chi connectivity index (χ1v) is 8.24. The Balaban J connectivity index is 2.52. The predicted molar refractivity (Wildman–Crippen MR) is 90.8 cm³/mol. The molecule has 1 aromatic rings. The van der Waals surface area contributed by atoms with E-state index in [-0.39, 0.29) is 0 Å². The number of ether oxygens (including phenoxy) is 1. The summed E-state index contributed by atoms with van der Waals surface area (Å²) >= 11 is 0. The summed E-state index contributed by atoms with van der Waals surface area (Å²) in [7, 11) is 2.17. The number of rotatable bonds is 11. The quantitative estimate of drug-likeness (QED) is 0.633. The fourth-order valence-corrected chi connectivity index (χ4v) is 2.49. The van der Waals surface area contributed by atoms with Crippen LogP contribution in [0.2, 0.25) is 0 Å².